The Morgan fingerprint density at radius 3 is 2.12 bits per heavy atom. The van der Waals surface area contributed by atoms with Gasteiger partial charge in [-0.2, -0.15) is 0 Å². The highest BCUT2D eigenvalue weighted by Gasteiger charge is 2.14. The second-order valence-corrected chi connectivity index (χ2v) is 3.47. The van der Waals surface area contributed by atoms with Crippen LogP contribution in [0.15, 0.2) is 29.8 Å². The van der Waals surface area contributed by atoms with Crippen molar-refractivity contribution >= 4 is 5.78 Å². The topological polar surface area (TPSA) is 17.1 Å². The van der Waals surface area contributed by atoms with Crippen molar-refractivity contribution in [3.8, 4) is 0 Å². The van der Waals surface area contributed by atoms with Gasteiger partial charge >= 0.3 is 0 Å². The van der Waals surface area contributed by atoms with E-state index < -0.39 is 23.0 Å². The molecule has 0 atom stereocenters. The fraction of sp³-hybridized carbons (Fsp3) is 0.308. The van der Waals surface area contributed by atoms with Gasteiger partial charge in [-0.25, -0.2) is 8.78 Å². The summed E-state index contributed by atoms with van der Waals surface area (Å²) in [6, 6.07) is 3.41. The minimum atomic E-state index is -0.812. The van der Waals surface area contributed by atoms with E-state index in [9.17, 15) is 13.6 Å². The molecule has 86 valence electrons. The second kappa shape index (κ2) is 5.54. The highest BCUT2D eigenvalue weighted by molar-refractivity contribution is 6.05. The molecule has 0 aliphatic rings. The Bertz CT molecular complexity index is 396. The number of carbonyl (C=O) groups is 1. The summed E-state index contributed by atoms with van der Waals surface area (Å²) in [5.41, 5.74) is 0.412. The third-order valence-electron chi connectivity index (χ3n) is 2.45. The van der Waals surface area contributed by atoms with Crippen LogP contribution in [0.5, 0.6) is 0 Å². The van der Waals surface area contributed by atoms with Crippen molar-refractivity contribution < 1.29 is 13.6 Å². The maximum atomic E-state index is 13.3. The van der Waals surface area contributed by atoms with Gasteiger partial charge in [0.2, 0.25) is 0 Å². The van der Waals surface area contributed by atoms with Crippen LogP contribution < -0.4 is 0 Å². The first-order chi connectivity index (χ1) is 7.60. The molecule has 0 saturated heterocycles. The van der Waals surface area contributed by atoms with E-state index in [0.29, 0.717) is 12.8 Å². The van der Waals surface area contributed by atoms with Gasteiger partial charge in [0.1, 0.15) is 11.6 Å². The normalized spacial score (nSPS) is 10.0. The lowest BCUT2D eigenvalue weighted by atomic mass is 10.0. The predicted molar refractivity (Wildman–Crippen MR) is 59.4 cm³/mol. The number of hydrogen-bond acceptors (Lipinski definition) is 1. The minimum Gasteiger partial charge on any atom is -0.289 e. The molecule has 1 nitrogen and oxygen atoms in total. The summed E-state index contributed by atoms with van der Waals surface area (Å²) in [6.45, 7) is 3.81. The van der Waals surface area contributed by atoms with Crippen LogP contribution in [-0.2, 0) is 0 Å². The van der Waals surface area contributed by atoms with Crippen LogP contribution in [0.25, 0.3) is 0 Å². The molecular formula is C13H14F2O. The van der Waals surface area contributed by atoms with Crippen molar-refractivity contribution in [1.29, 1.82) is 0 Å². The molecule has 0 bridgehead atoms. The number of allylic oxidation sites excluding steroid dienone is 2. The zero-order chi connectivity index (χ0) is 12.1. The number of ketones is 1. The van der Waals surface area contributed by atoms with Crippen LogP contribution >= 0.6 is 0 Å². The van der Waals surface area contributed by atoms with E-state index in [1.165, 1.54) is 12.1 Å². The molecule has 0 spiro atoms. The number of benzene rings is 1. The maximum absolute atomic E-state index is 13.3. The molecule has 0 radical (unpaired) electrons. The van der Waals surface area contributed by atoms with Crippen LogP contribution in [0, 0.1) is 11.6 Å². The molecule has 3 heteroatoms. The molecule has 0 unspecified atom stereocenters. The molecule has 1 aromatic rings. The zero-order valence-electron chi connectivity index (χ0n) is 9.39. The smallest absolute Gasteiger partial charge is 0.191 e. The summed E-state index contributed by atoms with van der Waals surface area (Å²) in [6.07, 6.45) is 2.73. The van der Waals surface area contributed by atoms with Crippen molar-refractivity contribution in [2.45, 2.75) is 26.7 Å². The highest BCUT2D eigenvalue weighted by Crippen LogP contribution is 2.15. The first-order valence-electron chi connectivity index (χ1n) is 5.27. The van der Waals surface area contributed by atoms with Crippen molar-refractivity contribution in [3.63, 3.8) is 0 Å². The molecule has 0 saturated carbocycles. The molecule has 0 N–H and O–H groups in total. The van der Waals surface area contributed by atoms with Gasteiger partial charge in [0, 0.05) is 0 Å². The lowest BCUT2D eigenvalue weighted by Gasteiger charge is -2.02. The van der Waals surface area contributed by atoms with Gasteiger partial charge in [-0.15, -0.1) is 0 Å². The van der Waals surface area contributed by atoms with Crippen molar-refractivity contribution in [1.82, 2.24) is 0 Å². The summed E-state index contributed by atoms with van der Waals surface area (Å²) in [5.74, 6) is -2.23. The van der Waals surface area contributed by atoms with Gasteiger partial charge in [0.25, 0.3) is 0 Å². The Balaban J connectivity index is 3.10. The van der Waals surface area contributed by atoms with Crippen LogP contribution in [-0.4, -0.2) is 5.78 Å². The Morgan fingerprint density at radius 1 is 1.19 bits per heavy atom. The highest BCUT2D eigenvalue weighted by atomic mass is 19.1. The van der Waals surface area contributed by atoms with E-state index in [0.717, 1.165) is 17.7 Å². The Hall–Kier alpha value is -1.51. The third-order valence-corrected chi connectivity index (χ3v) is 2.45. The average Bonchev–Trinajstić information content (AvgIpc) is 2.25. The summed E-state index contributed by atoms with van der Waals surface area (Å²) in [4.78, 5) is 11.7. The Kier molecular flexibility index (Phi) is 4.35. The quantitative estimate of drug-likeness (QED) is 0.560. The summed E-state index contributed by atoms with van der Waals surface area (Å²) < 4.78 is 26.5. The van der Waals surface area contributed by atoms with Gasteiger partial charge in [-0.05, 0) is 31.1 Å². The summed E-state index contributed by atoms with van der Waals surface area (Å²) in [5, 5.41) is 0. The fourth-order valence-corrected chi connectivity index (χ4v) is 1.44. The number of halogens is 2. The molecular weight excluding hydrogens is 210 g/mol. The molecule has 0 fully saturated rings. The first kappa shape index (κ1) is 12.6. The Labute approximate surface area is 93.8 Å². The fourth-order valence-electron chi connectivity index (χ4n) is 1.44. The van der Waals surface area contributed by atoms with Gasteiger partial charge in [-0.1, -0.05) is 25.5 Å². The molecule has 1 rings (SSSR count). The van der Waals surface area contributed by atoms with E-state index in [2.05, 4.69) is 0 Å². The monoisotopic (exact) mass is 224 g/mol. The molecule has 16 heavy (non-hydrogen) atoms. The molecule has 0 aromatic heterocycles. The van der Waals surface area contributed by atoms with Crippen molar-refractivity contribution in [2.75, 3.05) is 0 Å². The van der Waals surface area contributed by atoms with Gasteiger partial charge in [0.15, 0.2) is 5.78 Å². The van der Waals surface area contributed by atoms with Crippen LogP contribution in [0.4, 0.5) is 8.78 Å². The van der Waals surface area contributed by atoms with Crippen LogP contribution in [0.1, 0.15) is 37.0 Å². The number of rotatable bonds is 4. The standard InChI is InChI=1S/C13H14F2O/c1-3-9(4-2)8-12(16)13-10(14)6-5-7-11(13)15/h5-8H,3-4H2,1-2H3. The first-order valence-corrected chi connectivity index (χ1v) is 5.27. The van der Waals surface area contributed by atoms with E-state index in [1.54, 1.807) is 0 Å². The van der Waals surface area contributed by atoms with E-state index in [4.69, 9.17) is 0 Å². The summed E-state index contributed by atoms with van der Waals surface area (Å²) in [7, 11) is 0. The maximum Gasteiger partial charge on any atom is 0.191 e. The molecule has 0 heterocycles. The lowest BCUT2D eigenvalue weighted by Crippen LogP contribution is -2.03. The van der Waals surface area contributed by atoms with Crippen LogP contribution in [0.2, 0.25) is 0 Å². The lowest BCUT2D eigenvalue weighted by molar-refractivity contribution is 0.103. The van der Waals surface area contributed by atoms with Gasteiger partial charge in [0.05, 0.1) is 5.56 Å². The minimum absolute atomic E-state index is 0.470. The summed E-state index contributed by atoms with van der Waals surface area (Å²) >= 11 is 0. The molecule has 1 aromatic carbocycles. The number of hydrogen-bond donors (Lipinski definition) is 0. The van der Waals surface area contributed by atoms with E-state index in [-0.39, 0.29) is 0 Å². The molecule has 0 aliphatic carbocycles. The van der Waals surface area contributed by atoms with Gasteiger partial charge < -0.3 is 0 Å². The SMILES string of the molecule is CCC(=CC(=O)c1c(F)cccc1F)CC. The molecule has 0 aliphatic heterocycles. The molecule has 0 amide bonds. The van der Waals surface area contributed by atoms with Crippen molar-refractivity contribution in [2.24, 2.45) is 0 Å². The number of carbonyl (C=O) groups excluding carboxylic acids is 1. The van der Waals surface area contributed by atoms with E-state index in [1.807, 2.05) is 13.8 Å². The predicted octanol–water partition coefficient (Wildman–Crippen LogP) is 3.89. The van der Waals surface area contributed by atoms with Crippen molar-refractivity contribution in [3.05, 3.63) is 47.0 Å². The third kappa shape index (κ3) is 2.75. The average molecular weight is 224 g/mol. The van der Waals surface area contributed by atoms with Gasteiger partial charge in [-0.3, -0.25) is 4.79 Å². The van der Waals surface area contributed by atoms with Crippen LogP contribution in [0.3, 0.4) is 0 Å². The largest absolute Gasteiger partial charge is 0.289 e. The van der Waals surface area contributed by atoms with E-state index >= 15 is 0 Å². The Morgan fingerprint density at radius 2 is 1.69 bits per heavy atom. The zero-order valence-corrected chi connectivity index (χ0v) is 9.39. The second-order valence-electron chi connectivity index (χ2n) is 3.47.